The van der Waals surface area contributed by atoms with Gasteiger partial charge in [-0.15, -0.1) is 0 Å². The smallest absolute Gasteiger partial charge is 0.256 e. The summed E-state index contributed by atoms with van der Waals surface area (Å²) in [5.74, 6) is 1.11. The Labute approximate surface area is 117 Å². The monoisotopic (exact) mass is 274 g/mol. The quantitative estimate of drug-likeness (QED) is 0.904. The second-order valence-corrected chi connectivity index (χ2v) is 5.04. The Morgan fingerprint density at radius 1 is 1.50 bits per heavy atom. The molecule has 6 nitrogen and oxygen atoms in total. The van der Waals surface area contributed by atoms with Gasteiger partial charge in [0.15, 0.2) is 0 Å². The second kappa shape index (κ2) is 5.50. The summed E-state index contributed by atoms with van der Waals surface area (Å²) < 4.78 is 8.90. The zero-order valence-corrected chi connectivity index (χ0v) is 11.5. The van der Waals surface area contributed by atoms with E-state index < -0.39 is 0 Å². The summed E-state index contributed by atoms with van der Waals surface area (Å²) >= 11 is 0. The molecule has 0 spiro atoms. The van der Waals surface area contributed by atoms with Gasteiger partial charge in [-0.1, -0.05) is 0 Å². The largest absolute Gasteiger partial charge is 0.381 e. The molecule has 106 valence electrons. The first-order valence-corrected chi connectivity index (χ1v) is 6.77. The molecule has 1 N–H and O–H groups in total. The van der Waals surface area contributed by atoms with Gasteiger partial charge in [0.2, 0.25) is 0 Å². The van der Waals surface area contributed by atoms with Crippen LogP contribution in [0.2, 0.25) is 0 Å². The van der Waals surface area contributed by atoms with Crippen LogP contribution in [0, 0.1) is 5.92 Å². The molecule has 0 bridgehead atoms. The fourth-order valence-electron chi connectivity index (χ4n) is 2.45. The number of rotatable bonds is 4. The zero-order chi connectivity index (χ0) is 13.9. The van der Waals surface area contributed by atoms with Crippen LogP contribution < -0.4 is 5.32 Å². The summed E-state index contributed by atoms with van der Waals surface area (Å²) in [4.78, 5) is 12.3. The molecule has 1 amide bonds. The zero-order valence-electron chi connectivity index (χ0n) is 11.5. The lowest BCUT2D eigenvalue weighted by Gasteiger charge is -2.10. The van der Waals surface area contributed by atoms with Crippen LogP contribution in [-0.4, -0.2) is 40.0 Å². The summed E-state index contributed by atoms with van der Waals surface area (Å²) in [7, 11) is 1.83. The summed E-state index contributed by atoms with van der Waals surface area (Å²) in [6.45, 7) is 2.18. The highest BCUT2D eigenvalue weighted by molar-refractivity contribution is 5.97. The number of carbonyl (C=O) groups is 1. The average Bonchev–Trinajstić information content (AvgIpc) is 3.17. The Morgan fingerprint density at radius 2 is 2.30 bits per heavy atom. The Balaban J connectivity index is 1.74. The molecule has 0 unspecified atom stereocenters. The van der Waals surface area contributed by atoms with E-state index in [2.05, 4.69) is 10.4 Å². The van der Waals surface area contributed by atoms with Gasteiger partial charge in [0, 0.05) is 38.5 Å². The Bertz CT molecular complexity index is 582. The predicted octanol–water partition coefficient (Wildman–Crippen LogP) is 0.977. The van der Waals surface area contributed by atoms with Crippen molar-refractivity contribution in [2.75, 3.05) is 19.8 Å². The number of carbonyl (C=O) groups excluding carboxylic acids is 1. The Morgan fingerprint density at radius 3 is 3.00 bits per heavy atom. The van der Waals surface area contributed by atoms with Crippen LogP contribution in [0.4, 0.5) is 0 Å². The molecule has 3 rings (SSSR count). The molecule has 1 fully saturated rings. The minimum Gasteiger partial charge on any atom is -0.381 e. The summed E-state index contributed by atoms with van der Waals surface area (Å²) in [5, 5.41) is 7.15. The number of nitrogens with zero attached hydrogens (tertiary/aromatic N) is 3. The normalized spacial score (nSPS) is 18.4. The molecule has 3 heterocycles. The number of aryl methyl sites for hydroxylation is 1. The second-order valence-electron chi connectivity index (χ2n) is 5.04. The van der Waals surface area contributed by atoms with E-state index in [9.17, 15) is 4.79 Å². The summed E-state index contributed by atoms with van der Waals surface area (Å²) in [5.41, 5.74) is 0.586. The van der Waals surface area contributed by atoms with Crippen molar-refractivity contribution in [3.05, 3.63) is 36.3 Å². The minimum absolute atomic E-state index is 0.0892. The van der Waals surface area contributed by atoms with Crippen molar-refractivity contribution >= 4 is 5.91 Å². The molecule has 1 saturated heterocycles. The molecule has 1 aliphatic rings. The standard InChI is InChI=1S/C14H18N4O2/c1-17-14(18-5-2-3-6-18)12(9-16-17)13(19)15-8-11-4-7-20-10-11/h2-3,5-6,9,11H,4,7-8,10H2,1H3,(H,15,19)/t11-/m1/s1. The van der Waals surface area contributed by atoms with Gasteiger partial charge in [0.25, 0.3) is 5.91 Å². The number of hydrogen-bond acceptors (Lipinski definition) is 3. The molecular weight excluding hydrogens is 256 g/mol. The maximum absolute atomic E-state index is 12.3. The van der Waals surface area contributed by atoms with Crippen LogP contribution in [0.5, 0.6) is 0 Å². The van der Waals surface area contributed by atoms with E-state index in [0.29, 0.717) is 18.0 Å². The molecule has 0 aromatic carbocycles. The van der Waals surface area contributed by atoms with Crippen molar-refractivity contribution in [2.45, 2.75) is 6.42 Å². The minimum atomic E-state index is -0.0892. The summed E-state index contributed by atoms with van der Waals surface area (Å²) in [6.07, 6.45) is 6.42. The van der Waals surface area contributed by atoms with E-state index in [1.807, 2.05) is 36.1 Å². The maximum atomic E-state index is 12.3. The van der Waals surface area contributed by atoms with Crippen LogP contribution in [0.15, 0.2) is 30.7 Å². The first kappa shape index (κ1) is 12.9. The highest BCUT2D eigenvalue weighted by atomic mass is 16.5. The molecular formula is C14H18N4O2. The van der Waals surface area contributed by atoms with Crippen molar-refractivity contribution in [3.63, 3.8) is 0 Å². The van der Waals surface area contributed by atoms with Crippen molar-refractivity contribution < 1.29 is 9.53 Å². The van der Waals surface area contributed by atoms with Gasteiger partial charge in [-0.05, 0) is 18.6 Å². The molecule has 0 saturated carbocycles. The number of ether oxygens (including phenoxy) is 1. The van der Waals surface area contributed by atoms with Gasteiger partial charge in [-0.25, -0.2) is 0 Å². The van der Waals surface area contributed by atoms with E-state index >= 15 is 0 Å². The topological polar surface area (TPSA) is 61.1 Å². The third-order valence-electron chi connectivity index (χ3n) is 3.58. The SMILES string of the molecule is Cn1ncc(C(=O)NC[C@H]2CCOC2)c1-n1cccc1. The highest BCUT2D eigenvalue weighted by Crippen LogP contribution is 2.15. The van der Waals surface area contributed by atoms with Crippen molar-refractivity contribution in [1.82, 2.24) is 19.7 Å². The van der Waals surface area contributed by atoms with Crippen LogP contribution in [0.1, 0.15) is 16.8 Å². The van der Waals surface area contributed by atoms with E-state index in [1.165, 1.54) is 0 Å². The third kappa shape index (κ3) is 2.46. The number of nitrogens with one attached hydrogen (secondary N) is 1. The first-order valence-electron chi connectivity index (χ1n) is 6.77. The lowest BCUT2D eigenvalue weighted by atomic mass is 10.1. The van der Waals surface area contributed by atoms with Crippen LogP contribution in [0.3, 0.4) is 0 Å². The Hall–Kier alpha value is -2.08. The molecule has 1 aliphatic heterocycles. The molecule has 6 heteroatoms. The van der Waals surface area contributed by atoms with Gasteiger partial charge in [0.05, 0.1) is 12.8 Å². The third-order valence-corrected chi connectivity index (χ3v) is 3.58. The molecule has 2 aromatic heterocycles. The van der Waals surface area contributed by atoms with Crippen LogP contribution >= 0.6 is 0 Å². The fourth-order valence-corrected chi connectivity index (χ4v) is 2.45. The molecule has 2 aromatic rings. The summed E-state index contributed by atoms with van der Waals surface area (Å²) in [6, 6.07) is 3.84. The van der Waals surface area contributed by atoms with Crippen LogP contribution in [0.25, 0.3) is 5.82 Å². The van der Waals surface area contributed by atoms with Gasteiger partial charge >= 0.3 is 0 Å². The molecule has 0 radical (unpaired) electrons. The van der Waals surface area contributed by atoms with Crippen LogP contribution in [-0.2, 0) is 11.8 Å². The number of aromatic nitrogens is 3. The first-order chi connectivity index (χ1) is 9.75. The van der Waals surface area contributed by atoms with Crippen molar-refractivity contribution in [3.8, 4) is 5.82 Å². The van der Waals surface area contributed by atoms with Gasteiger partial charge in [-0.3, -0.25) is 9.48 Å². The Kier molecular flexibility index (Phi) is 3.56. The van der Waals surface area contributed by atoms with E-state index in [4.69, 9.17) is 4.74 Å². The molecule has 20 heavy (non-hydrogen) atoms. The maximum Gasteiger partial charge on any atom is 0.256 e. The van der Waals surface area contributed by atoms with Gasteiger partial charge in [0.1, 0.15) is 11.4 Å². The predicted molar refractivity (Wildman–Crippen MR) is 73.8 cm³/mol. The van der Waals surface area contributed by atoms with Crippen molar-refractivity contribution in [2.24, 2.45) is 13.0 Å². The van der Waals surface area contributed by atoms with Gasteiger partial charge in [-0.2, -0.15) is 5.10 Å². The van der Waals surface area contributed by atoms with Gasteiger partial charge < -0.3 is 14.6 Å². The average molecular weight is 274 g/mol. The van der Waals surface area contributed by atoms with E-state index in [0.717, 1.165) is 25.5 Å². The number of amides is 1. The van der Waals surface area contributed by atoms with E-state index in [-0.39, 0.29) is 5.91 Å². The fraction of sp³-hybridized carbons (Fsp3) is 0.429. The highest BCUT2D eigenvalue weighted by Gasteiger charge is 2.20. The lowest BCUT2D eigenvalue weighted by Crippen LogP contribution is -2.30. The molecule has 0 aliphatic carbocycles. The molecule has 1 atom stereocenters. The lowest BCUT2D eigenvalue weighted by molar-refractivity contribution is 0.0945. The van der Waals surface area contributed by atoms with E-state index in [1.54, 1.807) is 10.9 Å². The number of hydrogen-bond donors (Lipinski definition) is 1. The van der Waals surface area contributed by atoms with Crippen molar-refractivity contribution in [1.29, 1.82) is 0 Å².